The monoisotopic (exact) mass is 460 g/mol. The lowest BCUT2D eigenvalue weighted by atomic mass is 9.85. The number of carbonyl (C=O) groups excluding carboxylic acids is 2. The van der Waals surface area contributed by atoms with E-state index in [1.165, 1.54) is 18.8 Å². The maximum Gasteiger partial charge on any atom is 0.222 e. The van der Waals surface area contributed by atoms with Crippen molar-refractivity contribution in [3.05, 3.63) is 77.1 Å². The van der Waals surface area contributed by atoms with E-state index < -0.39 is 0 Å². The first-order valence-corrected chi connectivity index (χ1v) is 11.2. The summed E-state index contributed by atoms with van der Waals surface area (Å²) >= 11 is 0. The highest BCUT2D eigenvalue weighted by Crippen LogP contribution is 2.28. The summed E-state index contributed by atoms with van der Waals surface area (Å²) in [5.41, 5.74) is 4.07. The van der Waals surface area contributed by atoms with E-state index in [1.807, 2.05) is 30.3 Å². The number of nitrogens with zero attached hydrogens (tertiary/aromatic N) is 2. The van der Waals surface area contributed by atoms with E-state index >= 15 is 0 Å². The second-order valence-corrected chi connectivity index (χ2v) is 9.31. The number of nitrogens with one attached hydrogen (secondary N) is 2. The fraction of sp³-hybridized carbons (Fsp3) is 0.333. The molecule has 2 aromatic carbocycles. The summed E-state index contributed by atoms with van der Waals surface area (Å²) in [6, 6.07) is 15.7. The fourth-order valence-electron chi connectivity index (χ4n) is 3.63. The van der Waals surface area contributed by atoms with Crippen LogP contribution in [0, 0.1) is 0 Å². The molecule has 0 saturated carbocycles. The number of carbonyl (C=O) groups is 2. The van der Waals surface area contributed by atoms with Crippen LogP contribution in [-0.4, -0.2) is 28.8 Å². The molecule has 2 N–H and O–H groups in total. The molecule has 0 spiro atoms. The van der Waals surface area contributed by atoms with Crippen LogP contribution >= 0.6 is 0 Å². The van der Waals surface area contributed by atoms with E-state index in [0.29, 0.717) is 31.0 Å². The Hall–Kier alpha value is -3.74. The normalized spacial score (nSPS) is 11.1. The van der Waals surface area contributed by atoms with Crippen molar-refractivity contribution in [2.24, 2.45) is 0 Å². The average molecular weight is 461 g/mol. The maximum atomic E-state index is 12.9. The molecule has 0 radical (unpaired) electrons. The molecule has 178 valence electrons. The van der Waals surface area contributed by atoms with E-state index in [4.69, 9.17) is 4.74 Å². The molecule has 0 saturated heterocycles. The minimum atomic E-state index is -0.190. The number of Topliss-reactive ketones (excluding diaryl/α,β-unsaturated/α-hetero) is 1. The molecule has 3 rings (SSSR count). The lowest BCUT2D eigenvalue weighted by Gasteiger charge is -2.21. The van der Waals surface area contributed by atoms with Crippen LogP contribution in [0.25, 0.3) is 0 Å². The van der Waals surface area contributed by atoms with Crippen molar-refractivity contribution < 1.29 is 14.3 Å². The quantitative estimate of drug-likeness (QED) is 0.480. The topological polar surface area (TPSA) is 93.2 Å². The van der Waals surface area contributed by atoms with Crippen molar-refractivity contribution in [1.82, 2.24) is 9.97 Å². The summed E-state index contributed by atoms with van der Waals surface area (Å²) in [6.45, 7) is 8.42. The smallest absolute Gasteiger partial charge is 0.222 e. The second kappa shape index (κ2) is 10.9. The van der Waals surface area contributed by atoms with Gasteiger partial charge in [0.2, 0.25) is 5.91 Å². The number of rotatable bonds is 9. The van der Waals surface area contributed by atoms with Gasteiger partial charge in [-0.15, -0.1) is 0 Å². The van der Waals surface area contributed by atoms with Gasteiger partial charge in [-0.3, -0.25) is 9.59 Å². The Labute approximate surface area is 201 Å². The van der Waals surface area contributed by atoms with Gasteiger partial charge >= 0.3 is 0 Å². The van der Waals surface area contributed by atoms with E-state index in [9.17, 15) is 9.59 Å². The van der Waals surface area contributed by atoms with Crippen LogP contribution in [-0.2, 0) is 34.4 Å². The molecule has 7 nitrogen and oxygen atoms in total. The molecule has 34 heavy (non-hydrogen) atoms. The van der Waals surface area contributed by atoms with Crippen LogP contribution in [0.5, 0.6) is 5.75 Å². The first-order valence-electron chi connectivity index (χ1n) is 11.2. The third-order valence-electron chi connectivity index (χ3n) is 5.37. The van der Waals surface area contributed by atoms with Crippen molar-refractivity contribution in [2.45, 2.75) is 52.5 Å². The Balaban J connectivity index is 1.64. The Bertz CT molecular complexity index is 1170. The SMILES string of the molecule is COc1ccc(C(C)(C)C)cc1CC(=O)Cc1cccc(CNc2cc(NC(C)=O)ncn2)c1. The van der Waals surface area contributed by atoms with E-state index in [0.717, 1.165) is 22.4 Å². The minimum Gasteiger partial charge on any atom is -0.496 e. The largest absolute Gasteiger partial charge is 0.496 e. The highest BCUT2D eigenvalue weighted by atomic mass is 16.5. The Morgan fingerprint density at radius 2 is 1.68 bits per heavy atom. The van der Waals surface area contributed by atoms with Crippen LogP contribution in [0.2, 0.25) is 0 Å². The van der Waals surface area contributed by atoms with E-state index in [-0.39, 0.29) is 17.1 Å². The van der Waals surface area contributed by atoms with Gasteiger partial charge in [0.1, 0.15) is 29.5 Å². The molecule has 1 amide bonds. The van der Waals surface area contributed by atoms with Gasteiger partial charge in [0.25, 0.3) is 0 Å². The molecule has 1 heterocycles. The fourth-order valence-corrected chi connectivity index (χ4v) is 3.63. The summed E-state index contributed by atoms with van der Waals surface area (Å²) in [7, 11) is 1.63. The van der Waals surface area contributed by atoms with Gasteiger partial charge < -0.3 is 15.4 Å². The van der Waals surface area contributed by atoms with Crippen LogP contribution < -0.4 is 15.4 Å². The summed E-state index contributed by atoms with van der Waals surface area (Å²) in [6.07, 6.45) is 2.06. The summed E-state index contributed by atoms with van der Waals surface area (Å²) in [5, 5.41) is 5.86. The first kappa shape index (κ1) is 24.9. The second-order valence-electron chi connectivity index (χ2n) is 9.31. The zero-order valence-electron chi connectivity index (χ0n) is 20.4. The number of amides is 1. The van der Waals surface area contributed by atoms with Crippen molar-refractivity contribution in [3.8, 4) is 5.75 Å². The molecular formula is C27H32N4O3. The van der Waals surface area contributed by atoms with Crippen LogP contribution in [0.3, 0.4) is 0 Å². The minimum absolute atomic E-state index is 0.00201. The summed E-state index contributed by atoms with van der Waals surface area (Å²) < 4.78 is 5.49. The van der Waals surface area contributed by atoms with Crippen molar-refractivity contribution >= 4 is 23.3 Å². The highest BCUT2D eigenvalue weighted by Gasteiger charge is 2.17. The number of anilines is 2. The average Bonchev–Trinajstić information content (AvgIpc) is 2.77. The molecule has 0 aliphatic heterocycles. The van der Waals surface area contributed by atoms with Crippen LogP contribution in [0.15, 0.2) is 54.9 Å². The highest BCUT2D eigenvalue weighted by molar-refractivity contribution is 5.87. The Kier molecular flexibility index (Phi) is 7.99. The zero-order valence-corrected chi connectivity index (χ0v) is 20.4. The van der Waals surface area contributed by atoms with Gasteiger partial charge in [0, 0.05) is 37.9 Å². The molecule has 0 fully saturated rings. The molecular weight excluding hydrogens is 428 g/mol. The Morgan fingerprint density at radius 3 is 2.38 bits per heavy atom. The molecule has 7 heteroatoms. The molecule has 0 aliphatic carbocycles. The van der Waals surface area contributed by atoms with Gasteiger partial charge in [-0.05, 0) is 28.2 Å². The van der Waals surface area contributed by atoms with Gasteiger partial charge in [-0.25, -0.2) is 9.97 Å². The van der Waals surface area contributed by atoms with Gasteiger partial charge in [-0.2, -0.15) is 0 Å². The Morgan fingerprint density at radius 1 is 0.941 bits per heavy atom. The molecule has 3 aromatic rings. The summed E-state index contributed by atoms with van der Waals surface area (Å²) in [5.74, 6) is 1.72. The van der Waals surface area contributed by atoms with Crippen molar-refractivity contribution in [3.63, 3.8) is 0 Å². The van der Waals surface area contributed by atoms with Gasteiger partial charge in [-0.1, -0.05) is 57.2 Å². The first-order chi connectivity index (χ1) is 16.1. The molecule has 0 bridgehead atoms. The maximum absolute atomic E-state index is 12.9. The molecule has 1 aromatic heterocycles. The van der Waals surface area contributed by atoms with Crippen LogP contribution in [0.4, 0.5) is 11.6 Å². The van der Waals surface area contributed by atoms with Crippen molar-refractivity contribution in [2.75, 3.05) is 17.7 Å². The van der Waals surface area contributed by atoms with Crippen LogP contribution in [0.1, 0.15) is 49.9 Å². The van der Waals surface area contributed by atoms with E-state index in [1.54, 1.807) is 13.2 Å². The number of aromatic nitrogens is 2. The lowest BCUT2D eigenvalue weighted by molar-refractivity contribution is -0.118. The molecule has 0 unspecified atom stereocenters. The predicted octanol–water partition coefficient (Wildman–Crippen LogP) is 4.71. The number of methoxy groups -OCH3 is 1. The number of benzene rings is 2. The van der Waals surface area contributed by atoms with E-state index in [2.05, 4.69) is 53.5 Å². The third kappa shape index (κ3) is 7.13. The standard InChI is InChI=1S/C27H32N4O3/c1-18(32)31-26-15-25(29-17-30-26)28-16-20-8-6-7-19(11-20)12-23(33)14-21-13-22(27(2,3)4)9-10-24(21)34-5/h6-11,13,15,17H,12,14,16H2,1-5H3,(H2,28,29,30,31,32). The number of ketones is 1. The number of ether oxygens (including phenoxy) is 1. The molecule has 0 atom stereocenters. The zero-order chi connectivity index (χ0) is 24.7. The predicted molar refractivity (Wildman–Crippen MR) is 134 cm³/mol. The van der Waals surface area contributed by atoms with Gasteiger partial charge in [0.15, 0.2) is 0 Å². The third-order valence-corrected chi connectivity index (χ3v) is 5.37. The molecule has 0 aliphatic rings. The van der Waals surface area contributed by atoms with Crippen molar-refractivity contribution in [1.29, 1.82) is 0 Å². The number of hydrogen-bond acceptors (Lipinski definition) is 6. The van der Waals surface area contributed by atoms with Gasteiger partial charge in [0.05, 0.1) is 7.11 Å². The summed E-state index contributed by atoms with van der Waals surface area (Å²) in [4.78, 5) is 32.3. The lowest BCUT2D eigenvalue weighted by Crippen LogP contribution is -2.13. The number of hydrogen-bond donors (Lipinski definition) is 2.